The maximum Gasteiger partial charge on any atom is 0.124 e. The number of hydrogen-bond donors (Lipinski definition) is 1. The molecule has 0 aromatic carbocycles. The summed E-state index contributed by atoms with van der Waals surface area (Å²) in [5.74, 6) is 0.838. The number of aliphatic hydroxyl groups is 1. The predicted octanol–water partition coefficient (Wildman–Crippen LogP) is 3.65. The molecule has 0 saturated heterocycles. The van der Waals surface area contributed by atoms with Crippen LogP contribution in [0.2, 0.25) is 0 Å². The van der Waals surface area contributed by atoms with Gasteiger partial charge < -0.3 is 9.84 Å². The zero-order valence-electron chi connectivity index (χ0n) is 11.7. The lowest BCUT2D eigenvalue weighted by molar-refractivity contribution is -0.0936. The number of hydrogen-bond acceptors (Lipinski definition) is 2. The number of allylic oxidation sites excluding steroid dienone is 1. The van der Waals surface area contributed by atoms with Crippen molar-refractivity contribution in [1.82, 2.24) is 0 Å². The molecule has 1 heterocycles. The lowest BCUT2D eigenvalue weighted by Crippen LogP contribution is -2.48. The average Bonchev–Trinajstić information content (AvgIpc) is 2.13. The van der Waals surface area contributed by atoms with Gasteiger partial charge in [0.2, 0.25) is 0 Å². The smallest absolute Gasteiger partial charge is 0.124 e. The van der Waals surface area contributed by atoms with Crippen LogP contribution in [-0.4, -0.2) is 17.3 Å². The molecule has 17 heavy (non-hydrogen) atoms. The molecule has 0 aromatic rings. The molecule has 0 radical (unpaired) electrons. The second kappa shape index (κ2) is 4.01. The third-order valence-corrected chi connectivity index (χ3v) is 3.89. The zero-order chi connectivity index (χ0) is 12.7. The van der Waals surface area contributed by atoms with Gasteiger partial charge in [0.15, 0.2) is 0 Å². The van der Waals surface area contributed by atoms with E-state index in [2.05, 4.69) is 33.8 Å². The summed E-state index contributed by atoms with van der Waals surface area (Å²) >= 11 is 0. The Morgan fingerprint density at radius 1 is 1.06 bits per heavy atom. The first-order valence-corrected chi connectivity index (χ1v) is 6.78. The Hall–Kier alpha value is -0.500. The van der Waals surface area contributed by atoms with Gasteiger partial charge in [-0.3, -0.25) is 0 Å². The molecule has 2 aliphatic rings. The third-order valence-electron chi connectivity index (χ3n) is 3.89. The van der Waals surface area contributed by atoms with Gasteiger partial charge in [0.25, 0.3) is 0 Å². The van der Waals surface area contributed by atoms with Crippen LogP contribution >= 0.6 is 0 Å². The summed E-state index contributed by atoms with van der Waals surface area (Å²) in [5.41, 5.74) is -0.387. The molecule has 0 aromatic heterocycles. The molecule has 98 valence electrons. The Balaban J connectivity index is 2.26. The highest BCUT2D eigenvalue weighted by Gasteiger charge is 2.49. The highest BCUT2D eigenvalue weighted by atomic mass is 16.5. The fraction of sp³-hybridized carbons (Fsp3) is 0.867. The molecule has 0 amide bonds. The van der Waals surface area contributed by atoms with Crippen molar-refractivity contribution < 1.29 is 9.84 Å². The molecule has 0 bridgehead atoms. The molecule has 1 saturated carbocycles. The summed E-state index contributed by atoms with van der Waals surface area (Å²) in [6.07, 6.45) is 7.01. The summed E-state index contributed by atoms with van der Waals surface area (Å²) in [5, 5.41) is 11.0. The lowest BCUT2D eigenvalue weighted by atomic mass is 9.59. The quantitative estimate of drug-likeness (QED) is 0.755. The van der Waals surface area contributed by atoms with Gasteiger partial charge in [-0.2, -0.15) is 0 Å². The topological polar surface area (TPSA) is 29.5 Å². The Morgan fingerprint density at radius 2 is 1.65 bits per heavy atom. The summed E-state index contributed by atoms with van der Waals surface area (Å²) in [4.78, 5) is 0. The van der Waals surface area contributed by atoms with E-state index in [0.29, 0.717) is 0 Å². The Morgan fingerprint density at radius 3 is 2.12 bits per heavy atom. The summed E-state index contributed by atoms with van der Waals surface area (Å²) in [6.45, 7) is 9.77. The fourth-order valence-corrected chi connectivity index (χ4v) is 4.12. The molecular formula is C15H26O2. The highest BCUT2D eigenvalue weighted by molar-refractivity contribution is 5.16. The molecule has 1 aliphatic heterocycles. The standard InChI is InChI=1S/C15H26O2/c1-13(2)9-14(3,4)11-15(16,10-13)12-7-5-6-8-17-12/h7,16H,5-6,8-11H2,1-4H3. The van der Waals surface area contributed by atoms with Crippen molar-refractivity contribution in [2.75, 3.05) is 6.61 Å². The maximum atomic E-state index is 11.0. The minimum atomic E-state index is -0.744. The van der Waals surface area contributed by atoms with Gasteiger partial charge in [-0.1, -0.05) is 27.7 Å². The largest absolute Gasteiger partial charge is 0.495 e. The maximum absolute atomic E-state index is 11.0. The normalized spacial score (nSPS) is 30.3. The molecule has 0 unspecified atom stereocenters. The van der Waals surface area contributed by atoms with Crippen LogP contribution in [0.4, 0.5) is 0 Å². The molecule has 1 fully saturated rings. The van der Waals surface area contributed by atoms with Crippen molar-refractivity contribution in [2.24, 2.45) is 10.8 Å². The van der Waals surface area contributed by atoms with Crippen molar-refractivity contribution in [3.8, 4) is 0 Å². The SMILES string of the molecule is CC1(C)CC(C)(C)CC(O)(C2=CCCCO2)C1. The first-order valence-electron chi connectivity index (χ1n) is 6.78. The van der Waals surface area contributed by atoms with E-state index in [-0.39, 0.29) is 10.8 Å². The monoisotopic (exact) mass is 238 g/mol. The molecule has 2 rings (SSSR count). The summed E-state index contributed by atoms with van der Waals surface area (Å²) < 4.78 is 5.72. The first kappa shape index (κ1) is 12.9. The summed E-state index contributed by atoms with van der Waals surface area (Å²) in [6, 6.07) is 0. The van der Waals surface area contributed by atoms with Crippen molar-refractivity contribution in [2.45, 2.75) is 65.4 Å². The molecule has 2 nitrogen and oxygen atoms in total. The van der Waals surface area contributed by atoms with Crippen LogP contribution in [0.5, 0.6) is 0 Å². The van der Waals surface area contributed by atoms with Crippen molar-refractivity contribution >= 4 is 0 Å². The molecule has 2 heteroatoms. The van der Waals surface area contributed by atoms with Gasteiger partial charge in [-0.15, -0.1) is 0 Å². The first-order chi connectivity index (χ1) is 7.73. The van der Waals surface area contributed by atoms with Gasteiger partial charge >= 0.3 is 0 Å². The average molecular weight is 238 g/mol. The molecule has 1 aliphatic carbocycles. The molecule has 0 atom stereocenters. The summed E-state index contributed by atoms with van der Waals surface area (Å²) in [7, 11) is 0. The predicted molar refractivity (Wildman–Crippen MR) is 69.6 cm³/mol. The second-order valence-corrected chi connectivity index (χ2v) is 7.45. The Kier molecular flexibility index (Phi) is 3.05. The second-order valence-electron chi connectivity index (χ2n) is 7.45. The van der Waals surface area contributed by atoms with E-state index in [4.69, 9.17) is 4.74 Å². The van der Waals surface area contributed by atoms with Gasteiger partial charge in [0, 0.05) is 0 Å². The van der Waals surface area contributed by atoms with Gasteiger partial charge in [-0.25, -0.2) is 0 Å². The van der Waals surface area contributed by atoms with E-state index in [1.54, 1.807) is 0 Å². The van der Waals surface area contributed by atoms with E-state index in [1.807, 2.05) is 0 Å². The minimum Gasteiger partial charge on any atom is -0.495 e. The fourth-order valence-electron chi connectivity index (χ4n) is 4.12. The van der Waals surface area contributed by atoms with Gasteiger partial charge in [0.05, 0.1) is 6.61 Å². The highest BCUT2D eigenvalue weighted by Crippen LogP contribution is 2.52. The van der Waals surface area contributed by atoms with Crippen molar-refractivity contribution in [3.63, 3.8) is 0 Å². The third kappa shape index (κ3) is 2.85. The van der Waals surface area contributed by atoms with Crippen LogP contribution in [0.15, 0.2) is 11.8 Å². The number of ether oxygens (including phenoxy) is 1. The van der Waals surface area contributed by atoms with E-state index in [9.17, 15) is 5.11 Å². The van der Waals surface area contributed by atoms with Gasteiger partial charge in [-0.05, 0) is 49.0 Å². The van der Waals surface area contributed by atoms with E-state index < -0.39 is 5.60 Å². The van der Waals surface area contributed by atoms with Crippen LogP contribution in [-0.2, 0) is 4.74 Å². The molecule has 0 spiro atoms. The van der Waals surface area contributed by atoms with Crippen molar-refractivity contribution in [1.29, 1.82) is 0 Å². The molecule has 1 N–H and O–H groups in total. The Bertz CT molecular complexity index is 310. The lowest BCUT2D eigenvalue weighted by Gasteiger charge is -2.50. The van der Waals surface area contributed by atoms with E-state index >= 15 is 0 Å². The Labute approximate surface area is 105 Å². The van der Waals surface area contributed by atoms with Crippen LogP contribution in [0.3, 0.4) is 0 Å². The van der Waals surface area contributed by atoms with E-state index in [0.717, 1.165) is 44.5 Å². The van der Waals surface area contributed by atoms with Crippen LogP contribution in [0, 0.1) is 10.8 Å². The van der Waals surface area contributed by atoms with E-state index in [1.165, 1.54) is 0 Å². The van der Waals surface area contributed by atoms with Crippen molar-refractivity contribution in [3.05, 3.63) is 11.8 Å². The number of rotatable bonds is 1. The molecular weight excluding hydrogens is 212 g/mol. The zero-order valence-corrected chi connectivity index (χ0v) is 11.7. The van der Waals surface area contributed by atoms with Crippen LogP contribution in [0.1, 0.15) is 59.8 Å². The minimum absolute atomic E-state index is 0.179. The van der Waals surface area contributed by atoms with Crippen LogP contribution in [0.25, 0.3) is 0 Å². The van der Waals surface area contributed by atoms with Crippen LogP contribution < -0.4 is 0 Å². The van der Waals surface area contributed by atoms with Gasteiger partial charge in [0.1, 0.15) is 11.4 Å².